The molecule has 11 heteroatoms. The summed E-state index contributed by atoms with van der Waals surface area (Å²) in [6.07, 6.45) is 3.22. The van der Waals surface area contributed by atoms with Crippen molar-refractivity contribution in [1.82, 2.24) is 24.6 Å². The van der Waals surface area contributed by atoms with Gasteiger partial charge in [-0.2, -0.15) is 18.3 Å². The van der Waals surface area contributed by atoms with Crippen LogP contribution in [-0.4, -0.2) is 62.2 Å². The summed E-state index contributed by atoms with van der Waals surface area (Å²) in [5.41, 5.74) is -3.23. The quantitative estimate of drug-likeness (QED) is 0.605. The molecular formula is C18H17F3N6OS. The Balaban J connectivity index is 1.42. The average Bonchev–Trinajstić information content (AvgIpc) is 3.08. The minimum Gasteiger partial charge on any atom is -0.352 e. The summed E-state index contributed by atoms with van der Waals surface area (Å²) >= 11 is -0.193. The molecule has 29 heavy (non-hydrogen) atoms. The van der Waals surface area contributed by atoms with Crippen LogP contribution in [0.25, 0.3) is 11.0 Å². The molecule has 0 atom stereocenters. The normalized spacial score (nSPS) is 15.2. The van der Waals surface area contributed by atoms with E-state index in [1.54, 1.807) is 15.8 Å². The average molecular weight is 422 g/mol. The summed E-state index contributed by atoms with van der Waals surface area (Å²) < 4.78 is 39.0. The molecule has 1 amide bonds. The van der Waals surface area contributed by atoms with Gasteiger partial charge in [-0.05, 0) is 36.0 Å². The molecule has 1 aromatic carbocycles. The number of piperazine rings is 1. The van der Waals surface area contributed by atoms with Crippen LogP contribution in [0, 0.1) is 0 Å². The largest absolute Gasteiger partial charge is 0.446 e. The van der Waals surface area contributed by atoms with Crippen LogP contribution in [0.4, 0.5) is 19.0 Å². The van der Waals surface area contributed by atoms with Gasteiger partial charge in [0.2, 0.25) is 0 Å². The molecule has 152 valence electrons. The fourth-order valence-corrected chi connectivity index (χ4v) is 3.84. The maximum Gasteiger partial charge on any atom is 0.446 e. The Morgan fingerprint density at radius 3 is 2.41 bits per heavy atom. The number of aromatic nitrogens is 4. The Bertz CT molecular complexity index is 1030. The van der Waals surface area contributed by atoms with Crippen molar-refractivity contribution in [3.8, 4) is 0 Å². The first-order chi connectivity index (χ1) is 13.8. The van der Waals surface area contributed by atoms with Crippen LogP contribution < -0.4 is 4.90 Å². The van der Waals surface area contributed by atoms with E-state index in [1.165, 1.54) is 30.6 Å². The molecule has 0 N–H and O–H groups in total. The van der Waals surface area contributed by atoms with Crippen molar-refractivity contribution in [3.05, 3.63) is 42.4 Å². The second kappa shape index (κ2) is 7.54. The maximum atomic E-state index is 12.7. The predicted octanol–water partition coefficient (Wildman–Crippen LogP) is 2.94. The zero-order valence-corrected chi connectivity index (χ0v) is 16.2. The van der Waals surface area contributed by atoms with E-state index in [9.17, 15) is 18.0 Å². The summed E-state index contributed by atoms with van der Waals surface area (Å²) in [5.74, 6) is 0.589. The van der Waals surface area contributed by atoms with E-state index in [1.807, 2.05) is 7.05 Å². The Morgan fingerprint density at radius 1 is 1.07 bits per heavy atom. The number of rotatable bonds is 3. The number of fused-ring (bicyclic) bond motifs is 1. The molecule has 0 unspecified atom stereocenters. The maximum absolute atomic E-state index is 12.7. The molecule has 0 saturated carbocycles. The number of alkyl halides is 3. The summed E-state index contributed by atoms with van der Waals surface area (Å²) in [6.45, 7) is 2.16. The van der Waals surface area contributed by atoms with Crippen LogP contribution >= 0.6 is 11.8 Å². The fraction of sp³-hybridized carbons (Fsp3) is 0.333. The highest BCUT2D eigenvalue weighted by Gasteiger charge is 2.29. The molecule has 4 rings (SSSR count). The van der Waals surface area contributed by atoms with Crippen LogP contribution in [-0.2, 0) is 7.05 Å². The molecule has 7 nitrogen and oxygen atoms in total. The molecule has 1 aliphatic rings. The van der Waals surface area contributed by atoms with Gasteiger partial charge in [0, 0.05) is 43.7 Å². The van der Waals surface area contributed by atoms with Crippen LogP contribution in [0.2, 0.25) is 0 Å². The highest BCUT2D eigenvalue weighted by Crippen LogP contribution is 2.36. The van der Waals surface area contributed by atoms with Gasteiger partial charge in [0.15, 0.2) is 5.65 Å². The van der Waals surface area contributed by atoms with Crippen molar-refractivity contribution in [1.29, 1.82) is 0 Å². The van der Waals surface area contributed by atoms with Crippen molar-refractivity contribution in [2.45, 2.75) is 10.4 Å². The van der Waals surface area contributed by atoms with Crippen molar-refractivity contribution >= 4 is 34.5 Å². The molecule has 2 aromatic heterocycles. The summed E-state index contributed by atoms with van der Waals surface area (Å²) in [7, 11) is 1.81. The number of benzene rings is 1. The molecule has 1 fully saturated rings. The number of nitrogens with zero attached hydrogens (tertiary/aromatic N) is 6. The zero-order chi connectivity index (χ0) is 20.6. The van der Waals surface area contributed by atoms with Gasteiger partial charge in [0.25, 0.3) is 5.91 Å². The zero-order valence-electron chi connectivity index (χ0n) is 15.4. The van der Waals surface area contributed by atoms with Crippen LogP contribution in [0.5, 0.6) is 0 Å². The molecule has 3 heterocycles. The molecule has 0 bridgehead atoms. The summed E-state index contributed by atoms with van der Waals surface area (Å²) in [5, 5.41) is 5.07. The third kappa shape index (κ3) is 4.14. The lowest BCUT2D eigenvalue weighted by atomic mass is 10.2. The number of aryl methyl sites for hydroxylation is 1. The van der Waals surface area contributed by atoms with Gasteiger partial charge in [-0.3, -0.25) is 9.48 Å². The van der Waals surface area contributed by atoms with Gasteiger partial charge >= 0.3 is 5.51 Å². The molecule has 1 saturated heterocycles. The number of halogens is 3. The number of anilines is 1. The predicted molar refractivity (Wildman–Crippen MR) is 103 cm³/mol. The second-order valence-corrected chi connectivity index (χ2v) is 7.69. The lowest BCUT2D eigenvalue weighted by molar-refractivity contribution is -0.0328. The van der Waals surface area contributed by atoms with E-state index in [0.29, 0.717) is 31.7 Å². The molecule has 0 aliphatic carbocycles. The van der Waals surface area contributed by atoms with Gasteiger partial charge in [0.1, 0.15) is 12.1 Å². The van der Waals surface area contributed by atoms with Crippen molar-refractivity contribution in [2.75, 3.05) is 31.1 Å². The fourth-order valence-electron chi connectivity index (χ4n) is 3.30. The Morgan fingerprint density at radius 2 is 1.76 bits per heavy atom. The third-order valence-corrected chi connectivity index (χ3v) is 5.45. The molecule has 0 radical (unpaired) electrons. The van der Waals surface area contributed by atoms with E-state index < -0.39 is 5.51 Å². The van der Waals surface area contributed by atoms with E-state index >= 15 is 0 Å². The number of amides is 1. The SMILES string of the molecule is Cn1ncc2c(N3CCN(C(=O)c4ccc(SC(F)(F)F)cc4)CC3)ncnc21. The van der Waals surface area contributed by atoms with Crippen LogP contribution in [0.15, 0.2) is 41.7 Å². The van der Waals surface area contributed by atoms with Gasteiger partial charge in [-0.15, -0.1) is 0 Å². The number of thioether (sulfide) groups is 1. The summed E-state index contributed by atoms with van der Waals surface area (Å²) in [4.78, 5) is 25.1. The standard InChI is InChI=1S/C18H17F3N6OS/c1-25-15-14(10-24-25)16(23-11-22-15)26-6-8-27(9-7-26)17(28)12-2-4-13(5-3-12)29-18(19,20)21/h2-5,10-11H,6-9H2,1H3. The number of carbonyl (C=O) groups is 1. The molecule has 3 aromatic rings. The van der Waals surface area contributed by atoms with E-state index in [-0.39, 0.29) is 22.6 Å². The topological polar surface area (TPSA) is 67.2 Å². The van der Waals surface area contributed by atoms with Gasteiger partial charge in [-0.1, -0.05) is 0 Å². The number of carbonyl (C=O) groups excluding carboxylic acids is 1. The number of hydrogen-bond acceptors (Lipinski definition) is 6. The second-order valence-electron chi connectivity index (χ2n) is 6.55. The van der Waals surface area contributed by atoms with Crippen molar-refractivity contribution in [2.24, 2.45) is 7.05 Å². The first kappa shape index (κ1) is 19.5. The van der Waals surface area contributed by atoms with E-state index in [2.05, 4.69) is 20.0 Å². The molecule has 1 aliphatic heterocycles. The first-order valence-electron chi connectivity index (χ1n) is 8.84. The van der Waals surface area contributed by atoms with E-state index in [4.69, 9.17) is 0 Å². The molecule has 0 spiro atoms. The van der Waals surface area contributed by atoms with Gasteiger partial charge < -0.3 is 9.80 Å². The van der Waals surface area contributed by atoms with Crippen LogP contribution in [0.3, 0.4) is 0 Å². The van der Waals surface area contributed by atoms with Gasteiger partial charge in [-0.25, -0.2) is 9.97 Å². The molecular weight excluding hydrogens is 405 g/mol. The van der Waals surface area contributed by atoms with Crippen molar-refractivity contribution in [3.63, 3.8) is 0 Å². The monoisotopic (exact) mass is 422 g/mol. The highest BCUT2D eigenvalue weighted by molar-refractivity contribution is 8.00. The number of hydrogen-bond donors (Lipinski definition) is 0. The Kier molecular flexibility index (Phi) is 5.07. The summed E-state index contributed by atoms with van der Waals surface area (Å²) in [6, 6.07) is 5.52. The minimum atomic E-state index is -4.34. The Hall–Kier alpha value is -2.82. The minimum absolute atomic E-state index is 0.0584. The van der Waals surface area contributed by atoms with Crippen molar-refractivity contribution < 1.29 is 18.0 Å². The Labute approximate surface area is 168 Å². The lowest BCUT2D eigenvalue weighted by Crippen LogP contribution is -2.49. The van der Waals surface area contributed by atoms with Crippen LogP contribution in [0.1, 0.15) is 10.4 Å². The van der Waals surface area contributed by atoms with Gasteiger partial charge in [0.05, 0.1) is 11.6 Å². The smallest absolute Gasteiger partial charge is 0.352 e. The third-order valence-electron chi connectivity index (χ3n) is 4.71. The lowest BCUT2D eigenvalue weighted by Gasteiger charge is -2.35. The van der Waals surface area contributed by atoms with E-state index in [0.717, 1.165) is 16.9 Å². The first-order valence-corrected chi connectivity index (χ1v) is 9.66. The highest BCUT2D eigenvalue weighted by atomic mass is 32.2.